The van der Waals surface area contributed by atoms with Crippen molar-refractivity contribution in [3.05, 3.63) is 11.4 Å². The fourth-order valence-corrected chi connectivity index (χ4v) is 1.35. The molecule has 0 atom stereocenters. The number of rotatable bonds is 2. The average molecular weight is 153 g/mol. The highest BCUT2D eigenvalue weighted by molar-refractivity contribution is 4.72. The van der Waals surface area contributed by atoms with Gasteiger partial charge in [0.1, 0.15) is 0 Å². The number of likely N-dealkylation sites (N-methyl/N-ethyl adjacent to an activating group) is 1. The summed E-state index contributed by atoms with van der Waals surface area (Å²) in [5.74, 6) is 0. The molecule has 0 aromatic carbocycles. The smallest absolute Gasteiger partial charge is 0.270 e. The first-order valence-electron chi connectivity index (χ1n) is 4.14. The number of piperazine rings is 1. The van der Waals surface area contributed by atoms with Gasteiger partial charge in [0, 0.05) is 26.2 Å². The first kappa shape index (κ1) is 8.51. The normalized spacial score (nSPS) is 21.5. The van der Waals surface area contributed by atoms with Gasteiger partial charge in [-0.3, -0.25) is 4.85 Å². The zero-order chi connectivity index (χ0) is 8.10. The van der Waals surface area contributed by atoms with Crippen LogP contribution in [-0.2, 0) is 0 Å². The van der Waals surface area contributed by atoms with E-state index >= 15 is 0 Å². The van der Waals surface area contributed by atoms with E-state index in [1.54, 1.807) is 0 Å². The molecule has 11 heavy (non-hydrogen) atoms. The lowest BCUT2D eigenvalue weighted by molar-refractivity contribution is 0.147. The lowest BCUT2D eigenvalue weighted by Crippen LogP contribution is -2.45. The lowest BCUT2D eigenvalue weighted by atomic mass is 10.3. The van der Waals surface area contributed by atoms with Crippen molar-refractivity contribution in [2.75, 3.05) is 39.4 Å². The molecule has 0 spiro atoms. The molecule has 0 radical (unpaired) electrons. The summed E-state index contributed by atoms with van der Waals surface area (Å²) in [6.07, 6.45) is 0. The van der Waals surface area contributed by atoms with E-state index in [1.807, 2.05) is 0 Å². The lowest BCUT2D eigenvalue weighted by Gasteiger charge is -2.30. The van der Waals surface area contributed by atoms with E-state index < -0.39 is 0 Å². The molecule has 1 rings (SSSR count). The predicted molar refractivity (Wildman–Crippen MR) is 45.2 cm³/mol. The monoisotopic (exact) mass is 153 g/mol. The van der Waals surface area contributed by atoms with Gasteiger partial charge >= 0.3 is 0 Å². The van der Waals surface area contributed by atoms with Crippen LogP contribution >= 0.6 is 0 Å². The van der Waals surface area contributed by atoms with Gasteiger partial charge in [-0.25, -0.2) is 11.5 Å². The largest absolute Gasteiger partial charge is 0.301 e. The third-order valence-electron chi connectivity index (χ3n) is 2.18. The Bertz CT molecular complexity index is 142. The summed E-state index contributed by atoms with van der Waals surface area (Å²) >= 11 is 0. The van der Waals surface area contributed by atoms with E-state index in [1.165, 1.54) is 0 Å². The third kappa shape index (κ3) is 2.49. The van der Waals surface area contributed by atoms with Crippen molar-refractivity contribution in [2.45, 2.75) is 6.92 Å². The molecule has 3 heteroatoms. The minimum Gasteiger partial charge on any atom is -0.301 e. The molecule has 1 aliphatic rings. The molecule has 1 aliphatic heterocycles. The molecule has 0 aromatic rings. The van der Waals surface area contributed by atoms with Gasteiger partial charge in [-0.2, -0.15) is 0 Å². The van der Waals surface area contributed by atoms with Crippen molar-refractivity contribution in [2.24, 2.45) is 0 Å². The zero-order valence-electron chi connectivity index (χ0n) is 7.08. The highest BCUT2D eigenvalue weighted by Crippen LogP contribution is 1.99. The molecule has 1 saturated heterocycles. The Labute approximate surface area is 68.4 Å². The van der Waals surface area contributed by atoms with Gasteiger partial charge in [-0.1, -0.05) is 6.92 Å². The standard InChI is InChI=1S/C8H15N3/c1-3-10-4-6-11(7-5-10)8-9-2/h3-8H2,1H3. The Kier molecular flexibility index (Phi) is 3.34. The van der Waals surface area contributed by atoms with Crippen molar-refractivity contribution in [3.63, 3.8) is 0 Å². The summed E-state index contributed by atoms with van der Waals surface area (Å²) in [5.41, 5.74) is 0. The van der Waals surface area contributed by atoms with Crippen LogP contribution in [0.3, 0.4) is 0 Å². The Morgan fingerprint density at radius 1 is 1.18 bits per heavy atom. The highest BCUT2D eigenvalue weighted by atomic mass is 15.3. The second-order valence-electron chi connectivity index (χ2n) is 2.85. The van der Waals surface area contributed by atoms with E-state index in [0.717, 1.165) is 32.7 Å². The van der Waals surface area contributed by atoms with Gasteiger partial charge in [0.25, 0.3) is 6.67 Å². The van der Waals surface area contributed by atoms with Crippen LogP contribution in [0.25, 0.3) is 4.85 Å². The Morgan fingerprint density at radius 2 is 1.73 bits per heavy atom. The molecule has 0 aliphatic carbocycles. The summed E-state index contributed by atoms with van der Waals surface area (Å²) in [6.45, 7) is 15.0. The van der Waals surface area contributed by atoms with Gasteiger partial charge in [0.05, 0.1) is 0 Å². The maximum absolute atomic E-state index is 6.70. The number of hydrogen-bond donors (Lipinski definition) is 0. The van der Waals surface area contributed by atoms with E-state index in [-0.39, 0.29) is 0 Å². The molecule has 3 nitrogen and oxygen atoms in total. The van der Waals surface area contributed by atoms with Crippen LogP contribution in [0.15, 0.2) is 0 Å². The van der Waals surface area contributed by atoms with E-state index in [4.69, 9.17) is 6.57 Å². The topological polar surface area (TPSA) is 10.8 Å². The van der Waals surface area contributed by atoms with Crippen molar-refractivity contribution in [1.82, 2.24) is 9.80 Å². The molecular formula is C8H15N3. The molecule has 62 valence electrons. The summed E-state index contributed by atoms with van der Waals surface area (Å²) in [5, 5.41) is 0. The molecule has 0 unspecified atom stereocenters. The highest BCUT2D eigenvalue weighted by Gasteiger charge is 2.15. The molecule has 0 N–H and O–H groups in total. The molecule has 1 heterocycles. The molecule has 0 aromatic heterocycles. The first-order chi connectivity index (χ1) is 5.36. The fraction of sp³-hybridized carbons (Fsp3) is 0.875. The second-order valence-corrected chi connectivity index (χ2v) is 2.85. The first-order valence-corrected chi connectivity index (χ1v) is 4.14. The minimum absolute atomic E-state index is 0.581. The van der Waals surface area contributed by atoms with Crippen LogP contribution in [0.5, 0.6) is 0 Å². The summed E-state index contributed by atoms with van der Waals surface area (Å²) < 4.78 is 0. The van der Waals surface area contributed by atoms with E-state index in [9.17, 15) is 0 Å². The van der Waals surface area contributed by atoms with Crippen molar-refractivity contribution < 1.29 is 0 Å². The molecule has 0 amide bonds. The zero-order valence-corrected chi connectivity index (χ0v) is 7.08. The number of nitrogens with zero attached hydrogens (tertiary/aromatic N) is 3. The Hall–Kier alpha value is -0.590. The van der Waals surface area contributed by atoms with E-state index in [2.05, 4.69) is 21.6 Å². The van der Waals surface area contributed by atoms with Crippen LogP contribution in [0.2, 0.25) is 0 Å². The van der Waals surface area contributed by atoms with Crippen LogP contribution in [0.1, 0.15) is 6.92 Å². The third-order valence-corrected chi connectivity index (χ3v) is 2.18. The molecule has 0 bridgehead atoms. The van der Waals surface area contributed by atoms with Crippen LogP contribution in [-0.4, -0.2) is 49.2 Å². The van der Waals surface area contributed by atoms with Crippen LogP contribution in [0, 0.1) is 6.57 Å². The molecule has 0 saturated carbocycles. The van der Waals surface area contributed by atoms with Gasteiger partial charge in [-0.15, -0.1) is 0 Å². The fourth-order valence-electron chi connectivity index (χ4n) is 1.35. The van der Waals surface area contributed by atoms with Crippen molar-refractivity contribution >= 4 is 0 Å². The average Bonchev–Trinajstić information content (AvgIpc) is 2.07. The van der Waals surface area contributed by atoms with Gasteiger partial charge in [0.15, 0.2) is 0 Å². The maximum Gasteiger partial charge on any atom is 0.270 e. The maximum atomic E-state index is 6.70. The Morgan fingerprint density at radius 3 is 2.18 bits per heavy atom. The van der Waals surface area contributed by atoms with Crippen LogP contribution in [0.4, 0.5) is 0 Å². The number of hydrogen-bond acceptors (Lipinski definition) is 2. The predicted octanol–water partition coefficient (Wildman–Crippen LogP) is 0.501. The second kappa shape index (κ2) is 4.32. The molecular weight excluding hydrogens is 138 g/mol. The quantitative estimate of drug-likeness (QED) is 0.535. The Balaban J connectivity index is 2.20. The summed E-state index contributed by atoms with van der Waals surface area (Å²) in [7, 11) is 0. The SMILES string of the molecule is [C-]#[N+]CN1CCN(CC)CC1. The molecule has 1 fully saturated rings. The van der Waals surface area contributed by atoms with Gasteiger partial charge < -0.3 is 4.90 Å². The summed E-state index contributed by atoms with van der Waals surface area (Å²) in [4.78, 5) is 7.99. The van der Waals surface area contributed by atoms with Crippen molar-refractivity contribution in [3.8, 4) is 0 Å². The van der Waals surface area contributed by atoms with Crippen LogP contribution < -0.4 is 0 Å². The van der Waals surface area contributed by atoms with Crippen molar-refractivity contribution in [1.29, 1.82) is 0 Å². The minimum atomic E-state index is 0.581. The summed E-state index contributed by atoms with van der Waals surface area (Å²) in [6, 6.07) is 0. The van der Waals surface area contributed by atoms with Gasteiger partial charge in [0.2, 0.25) is 0 Å². The van der Waals surface area contributed by atoms with E-state index in [0.29, 0.717) is 6.67 Å². The van der Waals surface area contributed by atoms with Gasteiger partial charge in [-0.05, 0) is 6.54 Å².